The molecule has 2 aromatic rings. The maximum absolute atomic E-state index is 12.1. The van der Waals surface area contributed by atoms with Crippen LogP contribution in [-0.4, -0.2) is 21.0 Å². The fourth-order valence-corrected chi connectivity index (χ4v) is 2.72. The third kappa shape index (κ3) is 3.00. The van der Waals surface area contributed by atoms with Crippen LogP contribution < -0.4 is 5.32 Å². The Bertz CT molecular complexity index is 676. The second kappa shape index (κ2) is 5.87. The lowest BCUT2D eigenvalue weighted by atomic mass is 9.75. The van der Waals surface area contributed by atoms with E-state index in [1.807, 2.05) is 26.0 Å². The van der Waals surface area contributed by atoms with Crippen molar-refractivity contribution in [1.82, 2.24) is 20.4 Å². The minimum Gasteiger partial charge on any atom is -0.344 e. The highest BCUT2D eigenvalue weighted by atomic mass is 16.5. The van der Waals surface area contributed by atoms with Gasteiger partial charge in [-0.15, -0.1) is 0 Å². The molecule has 0 radical (unpaired) electrons. The van der Waals surface area contributed by atoms with E-state index in [9.17, 15) is 4.79 Å². The Morgan fingerprint density at radius 2 is 2.23 bits per heavy atom. The summed E-state index contributed by atoms with van der Waals surface area (Å²) < 4.78 is 5.28. The van der Waals surface area contributed by atoms with E-state index in [0.29, 0.717) is 17.6 Å². The van der Waals surface area contributed by atoms with Crippen LogP contribution in [0.15, 0.2) is 22.9 Å². The largest absolute Gasteiger partial charge is 0.344 e. The van der Waals surface area contributed by atoms with Gasteiger partial charge in [-0.1, -0.05) is 12.1 Å². The third-order valence-electron chi connectivity index (χ3n) is 4.07. The van der Waals surface area contributed by atoms with Crippen LogP contribution in [-0.2, 0) is 4.79 Å². The molecule has 3 rings (SSSR count). The van der Waals surface area contributed by atoms with E-state index in [1.54, 1.807) is 6.20 Å². The van der Waals surface area contributed by atoms with Crippen molar-refractivity contribution in [2.75, 3.05) is 0 Å². The molecule has 1 amide bonds. The SMILES string of the molecule is Cc1cc(-c2noc([C@H](C)NC(=O)C3CC(C)C3)n2)ccn1. The number of rotatable bonds is 4. The number of carbonyl (C=O) groups is 1. The maximum Gasteiger partial charge on any atom is 0.249 e. The number of hydrogen-bond donors (Lipinski definition) is 1. The van der Waals surface area contributed by atoms with E-state index in [1.165, 1.54) is 0 Å². The van der Waals surface area contributed by atoms with Gasteiger partial charge in [0.25, 0.3) is 0 Å². The van der Waals surface area contributed by atoms with Gasteiger partial charge in [-0.3, -0.25) is 9.78 Å². The lowest BCUT2D eigenvalue weighted by Crippen LogP contribution is -2.39. The van der Waals surface area contributed by atoms with Crippen molar-refractivity contribution in [2.24, 2.45) is 11.8 Å². The van der Waals surface area contributed by atoms with Crippen molar-refractivity contribution in [3.8, 4) is 11.4 Å². The summed E-state index contributed by atoms with van der Waals surface area (Å²) >= 11 is 0. The molecule has 1 saturated carbocycles. The zero-order valence-corrected chi connectivity index (χ0v) is 13.0. The summed E-state index contributed by atoms with van der Waals surface area (Å²) in [6.07, 6.45) is 3.64. The molecule has 0 unspecified atom stereocenters. The van der Waals surface area contributed by atoms with Gasteiger partial charge in [0.2, 0.25) is 17.6 Å². The van der Waals surface area contributed by atoms with Crippen molar-refractivity contribution < 1.29 is 9.32 Å². The van der Waals surface area contributed by atoms with E-state index in [4.69, 9.17) is 4.52 Å². The first kappa shape index (κ1) is 14.7. The number of aryl methyl sites for hydroxylation is 1. The summed E-state index contributed by atoms with van der Waals surface area (Å²) in [6, 6.07) is 3.45. The van der Waals surface area contributed by atoms with Gasteiger partial charge in [0.1, 0.15) is 6.04 Å². The number of aromatic nitrogens is 3. The molecule has 1 N–H and O–H groups in total. The molecule has 0 saturated heterocycles. The summed E-state index contributed by atoms with van der Waals surface area (Å²) in [5.74, 6) is 1.79. The zero-order chi connectivity index (χ0) is 15.7. The van der Waals surface area contributed by atoms with Crippen LogP contribution in [0.2, 0.25) is 0 Å². The van der Waals surface area contributed by atoms with Gasteiger partial charge >= 0.3 is 0 Å². The lowest BCUT2D eigenvalue weighted by Gasteiger charge is -2.31. The Labute approximate surface area is 129 Å². The summed E-state index contributed by atoms with van der Waals surface area (Å²) in [5, 5.41) is 6.93. The number of pyridine rings is 1. The van der Waals surface area contributed by atoms with E-state index in [2.05, 4.69) is 27.4 Å². The van der Waals surface area contributed by atoms with Crippen molar-refractivity contribution in [3.63, 3.8) is 0 Å². The van der Waals surface area contributed by atoms with E-state index < -0.39 is 0 Å². The maximum atomic E-state index is 12.1. The van der Waals surface area contributed by atoms with Crippen LogP contribution in [0.4, 0.5) is 0 Å². The molecule has 6 heteroatoms. The van der Waals surface area contributed by atoms with E-state index in [0.717, 1.165) is 24.1 Å². The molecule has 0 bridgehead atoms. The van der Waals surface area contributed by atoms with Gasteiger partial charge in [0, 0.05) is 23.4 Å². The second-order valence-corrected chi connectivity index (χ2v) is 6.15. The quantitative estimate of drug-likeness (QED) is 0.938. The average molecular weight is 300 g/mol. The zero-order valence-electron chi connectivity index (χ0n) is 13.0. The predicted molar refractivity (Wildman–Crippen MR) is 80.7 cm³/mol. The molecular formula is C16H20N4O2. The number of hydrogen-bond acceptors (Lipinski definition) is 5. The summed E-state index contributed by atoms with van der Waals surface area (Å²) in [7, 11) is 0. The van der Waals surface area contributed by atoms with Gasteiger partial charge in [0.05, 0.1) is 0 Å². The van der Waals surface area contributed by atoms with Crippen molar-refractivity contribution >= 4 is 5.91 Å². The van der Waals surface area contributed by atoms with Gasteiger partial charge in [0.15, 0.2) is 0 Å². The molecule has 0 aliphatic heterocycles. The highest BCUT2D eigenvalue weighted by molar-refractivity contribution is 5.79. The first-order chi connectivity index (χ1) is 10.5. The Morgan fingerprint density at radius 3 is 2.91 bits per heavy atom. The Balaban J connectivity index is 1.66. The first-order valence-corrected chi connectivity index (χ1v) is 7.60. The van der Waals surface area contributed by atoms with Gasteiger partial charge in [-0.2, -0.15) is 4.98 Å². The fourth-order valence-electron chi connectivity index (χ4n) is 2.72. The fraction of sp³-hybridized carbons (Fsp3) is 0.500. The summed E-state index contributed by atoms with van der Waals surface area (Å²) in [6.45, 7) is 5.93. The Kier molecular flexibility index (Phi) is 3.92. The number of carbonyl (C=O) groups excluding carboxylic acids is 1. The molecule has 22 heavy (non-hydrogen) atoms. The number of nitrogens with zero attached hydrogens (tertiary/aromatic N) is 3. The minimum atomic E-state index is -0.285. The van der Waals surface area contributed by atoms with Crippen LogP contribution in [0.5, 0.6) is 0 Å². The minimum absolute atomic E-state index is 0.0742. The Hall–Kier alpha value is -2.24. The van der Waals surface area contributed by atoms with Crippen LogP contribution in [0.3, 0.4) is 0 Å². The molecule has 2 aromatic heterocycles. The van der Waals surface area contributed by atoms with Crippen LogP contribution in [0.25, 0.3) is 11.4 Å². The first-order valence-electron chi connectivity index (χ1n) is 7.60. The molecule has 6 nitrogen and oxygen atoms in total. The smallest absolute Gasteiger partial charge is 0.249 e. The lowest BCUT2D eigenvalue weighted by molar-refractivity contribution is -0.129. The summed E-state index contributed by atoms with van der Waals surface area (Å²) in [4.78, 5) is 20.6. The number of amides is 1. The van der Waals surface area contributed by atoms with Gasteiger partial charge in [-0.25, -0.2) is 0 Å². The monoisotopic (exact) mass is 300 g/mol. The van der Waals surface area contributed by atoms with Gasteiger partial charge in [-0.05, 0) is 44.7 Å². The molecule has 0 aromatic carbocycles. The molecule has 1 fully saturated rings. The predicted octanol–water partition coefficient (Wildman–Crippen LogP) is 2.66. The van der Waals surface area contributed by atoms with Crippen molar-refractivity contribution in [1.29, 1.82) is 0 Å². The highest BCUT2D eigenvalue weighted by Gasteiger charge is 2.32. The van der Waals surface area contributed by atoms with Crippen LogP contribution >= 0.6 is 0 Å². The normalized spacial score (nSPS) is 22.0. The summed E-state index contributed by atoms with van der Waals surface area (Å²) in [5.41, 5.74) is 1.75. The van der Waals surface area contributed by atoms with Crippen molar-refractivity contribution in [2.45, 2.75) is 39.7 Å². The van der Waals surface area contributed by atoms with Crippen LogP contribution in [0, 0.1) is 18.8 Å². The van der Waals surface area contributed by atoms with Crippen molar-refractivity contribution in [3.05, 3.63) is 29.9 Å². The topological polar surface area (TPSA) is 80.9 Å². The van der Waals surface area contributed by atoms with Crippen LogP contribution in [0.1, 0.15) is 44.3 Å². The molecule has 1 atom stereocenters. The molecule has 0 spiro atoms. The molecule has 1 aliphatic rings. The molecule has 1 aliphatic carbocycles. The van der Waals surface area contributed by atoms with Gasteiger partial charge < -0.3 is 9.84 Å². The second-order valence-electron chi connectivity index (χ2n) is 6.15. The molecule has 2 heterocycles. The van der Waals surface area contributed by atoms with E-state index in [-0.39, 0.29) is 17.9 Å². The average Bonchev–Trinajstić information content (AvgIpc) is 2.93. The standard InChI is InChI=1S/C16H20N4O2/c1-9-6-13(7-9)15(21)18-11(3)16-19-14(20-22-16)12-4-5-17-10(2)8-12/h4-5,8-9,11,13H,6-7H2,1-3H3,(H,18,21)/t9?,11-,13?/m0/s1. The molecular weight excluding hydrogens is 280 g/mol. The van der Waals surface area contributed by atoms with E-state index >= 15 is 0 Å². The third-order valence-corrected chi connectivity index (χ3v) is 4.07. The molecule has 116 valence electrons. The number of nitrogens with one attached hydrogen (secondary N) is 1. The highest BCUT2D eigenvalue weighted by Crippen LogP contribution is 2.33. The Morgan fingerprint density at radius 1 is 1.45 bits per heavy atom.